The molecular weight excluding hydrogens is 240 g/mol. The normalized spacial score (nSPS) is 33.2. The number of oxazole rings is 1. The maximum absolute atomic E-state index is 6.36. The molecule has 2 aliphatic rings. The molecule has 1 heterocycles. The lowest BCUT2D eigenvalue weighted by Gasteiger charge is -2.25. The topological polar surface area (TPSA) is 61.3 Å². The lowest BCUT2D eigenvalue weighted by Crippen LogP contribution is -2.34. The number of nitrogens with zero attached hydrogens (tertiary/aromatic N) is 1. The van der Waals surface area contributed by atoms with Gasteiger partial charge < -0.3 is 14.9 Å². The minimum atomic E-state index is 0.206. The monoisotopic (exact) mass is 258 g/mol. The highest BCUT2D eigenvalue weighted by atomic mass is 16.5. The standard InChI is InChI=1S/C15H18N2O2/c1-18-10-3-2-4-11-14(10)17-15(19-11)12-8-5-6-9(7-8)13(12)16/h2-4,8-9,12-13H,5-7,16H2,1H3. The number of nitrogens with two attached hydrogens (primary N) is 1. The van der Waals surface area contributed by atoms with E-state index in [1.165, 1.54) is 19.3 Å². The number of para-hydroxylation sites is 1. The molecule has 4 nitrogen and oxygen atoms in total. The molecule has 1 aromatic carbocycles. The summed E-state index contributed by atoms with van der Waals surface area (Å²) in [6, 6.07) is 5.98. The number of hydrogen-bond acceptors (Lipinski definition) is 4. The summed E-state index contributed by atoms with van der Waals surface area (Å²) in [5, 5.41) is 0. The fraction of sp³-hybridized carbons (Fsp3) is 0.533. The van der Waals surface area contributed by atoms with Crippen molar-refractivity contribution in [2.24, 2.45) is 17.6 Å². The predicted octanol–water partition coefficient (Wildman–Crippen LogP) is 2.68. The van der Waals surface area contributed by atoms with E-state index in [0.717, 1.165) is 22.7 Å². The molecule has 4 unspecified atom stereocenters. The van der Waals surface area contributed by atoms with Crippen LogP contribution < -0.4 is 10.5 Å². The van der Waals surface area contributed by atoms with Crippen molar-refractivity contribution in [3.63, 3.8) is 0 Å². The largest absolute Gasteiger partial charge is 0.494 e. The SMILES string of the molecule is COc1cccc2oc(C3C4CCC(C4)C3N)nc12. The van der Waals surface area contributed by atoms with Crippen molar-refractivity contribution in [2.75, 3.05) is 7.11 Å². The Morgan fingerprint density at radius 2 is 2.16 bits per heavy atom. The van der Waals surface area contributed by atoms with Gasteiger partial charge in [-0.2, -0.15) is 0 Å². The molecule has 1 aromatic heterocycles. The Labute approximate surface area is 111 Å². The fourth-order valence-electron chi connectivity index (χ4n) is 3.95. The Morgan fingerprint density at radius 1 is 1.32 bits per heavy atom. The van der Waals surface area contributed by atoms with Crippen LogP contribution in [0.5, 0.6) is 5.75 Å². The molecule has 2 N–H and O–H groups in total. The highest BCUT2D eigenvalue weighted by molar-refractivity contribution is 5.79. The van der Waals surface area contributed by atoms with Gasteiger partial charge in [0.1, 0.15) is 5.75 Å². The second-order valence-electron chi connectivity index (χ2n) is 5.80. The highest BCUT2D eigenvalue weighted by Crippen LogP contribution is 2.52. The molecule has 2 saturated carbocycles. The lowest BCUT2D eigenvalue weighted by atomic mass is 9.85. The second kappa shape index (κ2) is 3.97. The van der Waals surface area contributed by atoms with Gasteiger partial charge in [-0.25, -0.2) is 4.98 Å². The molecule has 0 aliphatic heterocycles. The number of rotatable bonds is 2. The Bertz CT molecular complexity index is 620. The van der Waals surface area contributed by atoms with Gasteiger partial charge in [-0.1, -0.05) is 6.07 Å². The maximum atomic E-state index is 6.36. The third-order valence-electron chi connectivity index (χ3n) is 4.88. The first-order valence-corrected chi connectivity index (χ1v) is 6.97. The third kappa shape index (κ3) is 1.53. The van der Waals surface area contributed by atoms with Gasteiger partial charge in [0.2, 0.25) is 5.89 Å². The van der Waals surface area contributed by atoms with Crippen LogP contribution in [0.3, 0.4) is 0 Å². The molecule has 0 amide bonds. The molecule has 2 aliphatic carbocycles. The molecule has 0 spiro atoms. The van der Waals surface area contributed by atoms with E-state index >= 15 is 0 Å². The Morgan fingerprint density at radius 3 is 2.89 bits per heavy atom. The Kier molecular flexibility index (Phi) is 2.36. The molecule has 4 rings (SSSR count). The first-order chi connectivity index (χ1) is 9.28. The van der Waals surface area contributed by atoms with Gasteiger partial charge in [-0.15, -0.1) is 0 Å². The quantitative estimate of drug-likeness (QED) is 0.899. The van der Waals surface area contributed by atoms with Crippen LogP contribution in [0.4, 0.5) is 0 Å². The number of fused-ring (bicyclic) bond motifs is 3. The van der Waals surface area contributed by atoms with Crippen LogP contribution in [-0.4, -0.2) is 18.1 Å². The molecule has 2 aromatic rings. The van der Waals surface area contributed by atoms with Gasteiger partial charge in [-0.3, -0.25) is 0 Å². The first kappa shape index (κ1) is 11.3. The number of methoxy groups -OCH3 is 1. The van der Waals surface area contributed by atoms with Crippen molar-refractivity contribution in [3.05, 3.63) is 24.1 Å². The molecule has 0 radical (unpaired) electrons. The molecule has 19 heavy (non-hydrogen) atoms. The molecule has 100 valence electrons. The van der Waals surface area contributed by atoms with Gasteiger partial charge >= 0.3 is 0 Å². The minimum Gasteiger partial charge on any atom is -0.494 e. The van der Waals surface area contributed by atoms with E-state index in [9.17, 15) is 0 Å². The summed E-state index contributed by atoms with van der Waals surface area (Å²) in [7, 11) is 1.66. The van der Waals surface area contributed by atoms with Gasteiger partial charge in [0.05, 0.1) is 13.0 Å². The molecule has 4 heteroatoms. The van der Waals surface area contributed by atoms with E-state index in [1.54, 1.807) is 7.11 Å². The number of ether oxygens (including phenoxy) is 1. The van der Waals surface area contributed by atoms with E-state index in [-0.39, 0.29) is 12.0 Å². The summed E-state index contributed by atoms with van der Waals surface area (Å²) in [6.45, 7) is 0. The lowest BCUT2D eigenvalue weighted by molar-refractivity contribution is 0.317. The third-order valence-corrected chi connectivity index (χ3v) is 4.88. The number of hydrogen-bond donors (Lipinski definition) is 1. The van der Waals surface area contributed by atoms with Crippen LogP contribution in [-0.2, 0) is 0 Å². The van der Waals surface area contributed by atoms with Crippen molar-refractivity contribution in [1.82, 2.24) is 4.98 Å². The fourth-order valence-corrected chi connectivity index (χ4v) is 3.95. The van der Waals surface area contributed by atoms with Gasteiger partial charge in [0.15, 0.2) is 11.1 Å². The average molecular weight is 258 g/mol. The minimum absolute atomic E-state index is 0.206. The highest BCUT2D eigenvalue weighted by Gasteiger charge is 2.48. The van der Waals surface area contributed by atoms with Crippen LogP contribution in [0.15, 0.2) is 22.6 Å². The van der Waals surface area contributed by atoms with E-state index in [1.807, 2.05) is 18.2 Å². The van der Waals surface area contributed by atoms with E-state index in [0.29, 0.717) is 11.8 Å². The summed E-state index contributed by atoms with van der Waals surface area (Å²) in [5.41, 5.74) is 7.97. The second-order valence-corrected chi connectivity index (χ2v) is 5.80. The van der Waals surface area contributed by atoms with Crippen molar-refractivity contribution < 1.29 is 9.15 Å². The van der Waals surface area contributed by atoms with Crippen molar-refractivity contribution in [2.45, 2.75) is 31.2 Å². The molecule has 2 fully saturated rings. The van der Waals surface area contributed by atoms with E-state index in [4.69, 9.17) is 14.9 Å². The molecule has 4 atom stereocenters. The smallest absolute Gasteiger partial charge is 0.200 e. The summed E-state index contributed by atoms with van der Waals surface area (Å²) in [5.74, 6) is 3.17. The summed E-state index contributed by atoms with van der Waals surface area (Å²) in [4.78, 5) is 4.66. The van der Waals surface area contributed by atoms with Crippen LogP contribution in [0, 0.1) is 11.8 Å². The zero-order chi connectivity index (χ0) is 13.0. The van der Waals surface area contributed by atoms with Crippen LogP contribution in [0.1, 0.15) is 31.1 Å². The zero-order valence-electron chi connectivity index (χ0n) is 11.0. The van der Waals surface area contributed by atoms with Gasteiger partial charge in [0.25, 0.3) is 0 Å². The van der Waals surface area contributed by atoms with Gasteiger partial charge in [0, 0.05) is 6.04 Å². The van der Waals surface area contributed by atoms with Crippen LogP contribution in [0.25, 0.3) is 11.1 Å². The number of benzene rings is 1. The Hall–Kier alpha value is -1.55. The Balaban J connectivity index is 1.80. The summed E-state index contributed by atoms with van der Waals surface area (Å²) < 4.78 is 11.3. The van der Waals surface area contributed by atoms with Gasteiger partial charge in [-0.05, 0) is 43.2 Å². The molecule has 2 bridgehead atoms. The summed E-state index contributed by atoms with van der Waals surface area (Å²) in [6.07, 6.45) is 3.77. The first-order valence-electron chi connectivity index (χ1n) is 6.97. The molecule has 0 saturated heterocycles. The average Bonchev–Trinajstić information content (AvgIpc) is 3.10. The van der Waals surface area contributed by atoms with Crippen LogP contribution >= 0.6 is 0 Å². The van der Waals surface area contributed by atoms with Crippen molar-refractivity contribution in [1.29, 1.82) is 0 Å². The van der Waals surface area contributed by atoms with E-state index < -0.39 is 0 Å². The summed E-state index contributed by atoms with van der Waals surface area (Å²) >= 11 is 0. The van der Waals surface area contributed by atoms with Crippen LogP contribution in [0.2, 0.25) is 0 Å². The van der Waals surface area contributed by atoms with Crippen molar-refractivity contribution in [3.8, 4) is 5.75 Å². The molecular formula is C15H18N2O2. The van der Waals surface area contributed by atoms with E-state index in [2.05, 4.69) is 4.98 Å². The predicted molar refractivity (Wildman–Crippen MR) is 72.1 cm³/mol. The van der Waals surface area contributed by atoms with Crippen molar-refractivity contribution >= 4 is 11.1 Å². The maximum Gasteiger partial charge on any atom is 0.200 e. The number of aromatic nitrogens is 1. The zero-order valence-corrected chi connectivity index (χ0v) is 11.0.